The summed E-state index contributed by atoms with van der Waals surface area (Å²) in [4.78, 5) is 20.9. The maximum Gasteiger partial charge on any atom is 0.282 e. The van der Waals surface area contributed by atoms with Gasteiger partial charge in [0.1, 0.15) is 24.2 Å². The Hall–Kier alpha value is -3.28. The summed E-state index contributed by atoms with van der Waals surface area (Å²) >= 11 is 0. The van der Waals surface area contributed by atoms with Crippen LogP contribution in [0.3, 0.4) is 0 Å². The molecule has 2 aromatic heterocycles. The Morgan fingerprint density at radius 2 is 1.83 bits per heavy atom. The molecule has 5 aliphatic rings. The molecular weight excluding hydrogens is 583 g/mol. The van der Waals surface area contributed by atoms with Crippen molar-refractivity contribution in [3.05, 3.63) is 48.6 Å². The van der Waals surface area contributed by atoms with E-state index in [0.717, 1.165) is 82.1 Å². The Morgan fingerprint density at radius 3 is 2.57 bits per heavy atom. The monoisotopic (exact) mass is 628 g/mol. The number of β-amino-alcohol motifs (C(OH)–C–C–N with tert-alkyl or cyclic N) is 1. The Morgan fingerprint density at radius 1 is 1.00 bits per heavy atom. The first-order chi connectivity index (χ1) is 22.2. The molecule has 0 amide bonds. The average Bonchev–Trinajstić information content (AvgIpc) is 3.65. The number of nitrogens with zero attached hydrogens (tertiary/aromatic N) is 8. The predicted molar refractivity (Wildman–Crippen MR) is 172 cm³/mol. The fourth-order valence-corrected chi connectivity index (χ4v) is 8.84. The van der Waals surface area contributed by atoms with Crippen LogP contribution in [0.1, 0.15) is 70.9 Å². The van der Waals surface area contributed by atoms with Crippen molar-refractivity contribution in [2.75, 3.05) is 44.2 Å². The maximum absolute atomic E-state index is 14.5. The van der Waals surface area contributed by atoms with Gasteiger partial charge in [-0.25, -0.2) is 19.3 Å². The molecule has 11 heteroatoms. The van der Waals surface area contributed by atoms with Crippen molar-refractivity contribution in [1.29, 1.82) is 0 Å². The van der Waals surface area contributed by atoms with E-state index < -0.39 is 5.60 Å². The lowest BCUT2D eigenvalue weighted by atomic mass is 9.68. The third-order valence-corrected chi connectivity index (χ3v) is 11.3. The van der Waals surface area contributed by atoms with Crippen molar-refractivity contribution in [2.45, 2.75) is 82.9 Å². The van der Waals surface area contributed by atoms with Gasteiger partial charge in [0, 0.05) is 80.0 Å². The fourth-order valence-electron chi connectivity index (χ4n) is 8.84. The zero-order valence-corrected chi connectivity index (χ0v) is 27.1. The Labute approximate surface area is 270 Å². The SMILES string of the molecule is CC(C)[C@H](C1CC(N2CC[C@](C)(O)C2)C1)N1CC2(CCN(c3ncnnc3Oc3ccc(F)cc3-c3cncnc3C3CC3)C2)C1. The highest BCUT2D eigenvalue weighted by atomic mass is 19.1. The van der Waals surface area contributed by atoms with E-state index in [-0.39, 0.29) is 11.2 Å². The molecule has 0 bridgehead atoms. The van der Waals surface area contributed by atoms with Crippen LogP contribution in [0, 0.1) is 23.1 Å². The molecule has 2 aliphatic carbocycles. The summed E-state index contributed by atoms with van der Waals surface area (Å²) in [7, 11) is 0. The second-order valence-corrected chi connectivity index (χ2v) is 15.3. The first-order valence-electron chi connectivity index (χ1n) is 17.1. The number of ether oxygens (including phenoxy) is 1. The molecule has 2 atom stereocenters. The van der Waals surface area contributed by atoms with E-state index in [4.69, 9.17) is 4.74 Å². The molecule has 3 saturated heterocycles. The van der Waals surface area contributed by atoms with Gasteiger partial charge in [-0.15, -0.1) is 10.2 Å². The summed E-state index contributed by atoms with van der Waals surface area (Å²) in [6.45, 7) is 12.5. The highest BCUT2D eigenvalue weighted by Crippen LogP contribution is 2.49. The molecule has 8 rings (SSSR count). The maximum atomic E-state index is 14.5. The second-order valence-electron chi connectivity index (χ2n) is 15.3. The summed E-state index contributed by atoms with van der Waals surface area (Å²) in [5.74, 6) is 2.84. The van der Waals surface area contributed by atoms with Crippen molar-refractivity contribution in [1.82, 2.24) is 34.9 Å². The number of aromatic nitrogens is 5. The van der Waals surface area contributed by atoms with Crippen LogP contribution >= 0.6 is 0 Å². The van der Waals surface area contributed by atoms with Crippen molar-refractivity contribution in [3.8, 4) is 22.8 Å². The zero-order valence-electron chi connectivity index (χ0n) is 27.1. The minimum atomic E-state index is -0.525. The van der Waals surface area contributed by atoms with E-state index in [1.807, 2.05) is 6.92 Å². The van der Waals surface area contributed by atoms with E-state index in [1.165, 1.54) is 31.3 Å². The number of rotatable bonds is 9. The first-order valence-corrected chi connectivity index (χ1v) is 17.1. The van der Waals surface area contributed by atoms with Crippen molar-refractivity contribution >= 4 is 5.82 Å². The van der Waals surface area contributed by atoms with Gasteiger partial charge in [0.05, 0.1) is 11.3 Å². The molecule has 1 spiro atoms. The molecule has 10 nitrogen and oxygen atoms in total. The molecule has 0 radical (unpaired) electrons. The van der Waals surface area contributed by atoms with Gasteiger partial charge in [0.25, 0.3) is 5.88 Å². The number of hydrogen-bond acceptors (Lipinski definition) is 10. The fraction of sp³-hybridized carbons (Fsp3) is 0.629. The molecule has 46 heavy (non-hydrogen) atoms. The smallest absolute Gasteiger partial charge is 0.282 e. The lowest BCUT2D eigenvalue weighted by molar-refractivity contribution is -0.0799. The normalized spacial score (nSPS) is 28.4. The highest BCUT2D eigenvalue weighted by molar-refractivity contribution is 5.73. The van der Waals surface area contributed by atoms with Crippen LogP contribution in [0.2, 0.25) is 0 Å². The van der Waals surface area contributed by atoms with Gasteiger partial charge >= 0.3 is 0 Å². The molecule has 0 unspecified atom stereocenters. The minimum Gasteiger partial charge on any atom is -0.434 e. The number of aliphatic hydroxyl groups is 1. The summed E-state index contributed by atoms with van der Waals surface area (Å²) < 4.78 is 21.0. The van der Waals surface area contributed by atoms with Gasteiger partial charge in [-0.2, -0.15) is 0 Å². The predicted octanol–water partition coefficient (Wildman–Crippen LogP) is 4.91. The molecule has 3 aliphatic heterocycles. The van der Waals surface area contributed by atoms with Gasteiger partial charge in [-0.3, -0.25) is 9.80 Å². The zero-order chi connectivity index (χ0) is 31.6. The summed E-state index contributed by atoms with van der Waals surface area (Å²) in [5.41, 5.74) is 2.04. The van der Waals surface area contributed by atoms with Gasteiger partial charge in [0.15, 0.2) is 5.82 Å². The van der Waals surface area contributed by atoms with Crippen molar-refractivity contribution in [3.63, 3.8) is 0 Å². The van der Waals surface area contributed by atoms with E-state index in [1.54, 1.807) is 18.6 Å². The number of anilines is 1. The molecule has 244 valence electrons. The first kappa shape index (κ1) is 30.1. The van der Waals surface area contributed by atoms with Crippen LogP contribution in [0.5, 0.6) is 11.6 Å². The molecule has 2 saturated carbocycles. The molecule has 5 fully saturated rings. The van der Waals surface area contributed by atoms with Crippen LogP contribution in [0.15, 0.2) is 37.1 Å². The largest absolute Gasteiger partial charge is 0.434 e. The molecule has 3 aromatic rings. The lowest BCUT2D eigenvalue weighted by Crippen LogP contribution is -2.65. The number of halogens is 1. The number of benzene rings is 1. The van der Waals surface area contributed by atoms with Crippen LogP contribution < -0.4 is 9.64 Å². The third-order valence-electron chi connectivity index (χ3n) is 11.3. The third kappa shape index (κ3) is 5.64. The van der Waals surface area contributed by atoms with Crippen LogP contribution in [0.4, 0.5) is 10.2 Å². The minimum absolute atomic E-state index is 0.230. The van der Waals surface area contributed by atoms with E-state index in [9.17, 15) is 9.50 Å². The van der Waals surface area contributed by atoms with E-state index in [0.29, 0.717) is 46.9 Å². The topological polar surface area (TPSA) is 104 Å². The number of hydrogen-bond donors (Lipinski definition) is 1. The second kappa shape index (κ2) is 11.5. The Balaban J connectivity index is 0.948. The van der Waals surface area contributed by atoms with Gasteiger partial charge in [0.2, 0.25) is 0 Å². The summed E-state index contributed by atoms with van der Waals surface area (Å²) in [6, 6.07) is 5.75. The highest BCUT2D eigenvalue weighted by Gasteiger charge is 2.53. The summed E-state index contributed by atoms with van der Waals surface area (Å²) in [6.07, 6.45) is 11.4. The van der Waals surface area contributed by atoms with E-state index in [2.05, 4.69) is 53.7 Å². The van der Waals surface area contributed by atoms with Crippen LogP contribution in [-0.4, -0.2) is 97.0 Å². The number of likely N-dealkylation sites (tertiary alicyclic amines) is 2. The van der Waals surface area contributed by atoms with Gasteiger partial charge in [-0.1, -0.05) is 13.8 Å². The molecular formula is C35H45FN8O2. The molecule has 5 heterocycles. The van der Waals surface area contributed by atoms with E-state index >= 15 is 0 Å². The Kier molecular flexibility index (Phi) is 7.49. The van der Waals surface area contributed by atoms with Gasteiger partial charge < -0.3 is 14.7 Å². The standard InChI is InChI=1S/C35H45FN8O2/c1-22(2)31(24-12-26(13-24)42-10-8-34(3,45)16-42)44-18-35(19-44)9-11-43(17-35)32-33(41-40-21-39-32)46-29-7-6-25(36)14-27(29)28-15-37-20-38-30(28)23-4-5-23/h6-7,14-15,20-24,26,31,45H,4-5,8-13,16-19H2,1-3H3/t24?,26?,31-,34+/m1/s1. The lowest BCUT2D eigenvalue weighted by Gasteiger charge is -2.57. The quantitative estimate of drug-likeness (QED) is 0.352. The molecule has 1 N–H and O–H groups in total. The average molecular weight is 629 g/mol. The van der Waals surface area contributed by atoms with Crippen molar-refractivity contribution in [2.24, 2.45) is 17.3 Å². The van der Waals surface area contributed by atoms with Crippen molar-refractivity contribution < 1.29 is 14.2 Å². The van der Waals surface area contributed by atoms with Crippen LogP contribution in [-0.2, 0) is 0 Å². The Bertz CT molecular complexity index is 1590. The molecule has 1 aromatic carbocycles. The van der Waals surface area contributed by atoms with Gasteiger partial charge in [-0.05, 0) is 75.5 Å². The van der Waals surface area contributed by atoms with Crippen LogP contribution in [0.25, 0.3) is 11.1 Å². The summed E-state index contributed by atoms with van der Waals surface area (Å²) in [5, 5.41) is 18.9.